The van der Waals surface area contributed by atoms with E-state index in [0.717, 1.165) is 33.5 Å². The number of nitrogens with zero attached hydrogens (tertiary/aromatic N) is 5. The van der Waals surface area contributed by atoms with Gasteiger partial charge in [0.15, 0.2) is 5.76 Å². The molecule has 4 aromatic heterocycles. The van der Waals surface area contributed by atoms with Gasteiger partial charge in [-0.2, -0.15) is 0 Å². The van der Waals surface area contributed by atoms with Crippen LogP contribution in [0.4, 0.5) is 4.39 Å². The molecule has 5 rings (SSSR count). The lowest BCUT2D eigenvalue weighted by Gasteiger charge is -2.05. The lowest BCUT2D eigenvalue weighted by atomic mass is 10.1. The number of aromatic nitrogens is 5. The highest BCUT2D eigenvalue weighted by molar-refractivity contribution is 5.99. The second-order valence-electron chi connectivity index (χ2n) is 6.29. The van der Waals surface area contributed by atoms with Crippen LogP contribution in [0, 0.1) is 12.7 Å². The number of fused-ring (bicyclic) bond motifs is 3. The lowest BCUT2D eigenvalue weighted by Crippen LogP contribution is -2.02. The molecule has 7 heteroatoms. The number of pyridine rings is 2. The van der Waals surface area contributed by atoms with Crippen molar-refractivity contribution in [1.82, 2.24) is 24.7 Å². The Kier molecular flexibility index (Phi) is 3.46. The van der Waals surface area contributed by atoms with Crippen LogP contribution in [0.25, 0.3) is 33.3 Å². The molecule has 0 radical (unpaired) electrons. The van der Waals surface area contributed by atoms with Crippen molar-refractivity contribution in [2.75, 3.05) is 0 Å². The fourth-order valence-electron chi connectivity index (χ4n) is 3.23. The van der Waals surface area contributed by atoms with E-state index in [1.165, 1.54) is 12.1 Å². The third kappa shape index (κ3) is 2.64. The van der Waals surface area contributed by atoms with Crippen LogP contribution in [0.5, 0.6) is 0 Å². The van der Waals surface area contributed by atoms with Crippen LogP contribution >= 0.6 is 0 Å². The second-order valence-corrected chi connectivity index (χ2v) is 6.29. The van der Waals surface area contributed by atoms with E-state index >= 15 is 0 Å². The minimum absolute atomic E-state index is 0.282. The van der Waals surface area contributed by atoms with Gasteiger partial charge in [-0.05, 0) is 43.3 Å². The van der Waals surface area contributed by atoms with Crippen LogP contribution in [0.2, 0.25) is 0 Å². The van der Waals surface area contributed by atoms with E-state index in [2.05, 4.69) is 20.1 Å². The van der Waals surface area contributed by atoms with Crippen LogP contribution in [0.3, 0.4) is 0 Å². The van der Waals surface area contributed by atoms with Gasteiger partial charge in [-0.1, -0.05) is 5.16 Å². The summed E-state index contributed by atoms with van der Waals surface area (Å²) >= 11 is 0. The van der Waals surface area contributed by atoms with Gasteiger partial charge in [0.2, 0.25) is 0 Å². The summed E-state index contributed by atoms with van der Waals surface area (Å²) in [6, 6.07) is 11.8. The monoisotopic (exact) mass is 359 g/mol. The number of benzene rings is 1. The van der Waals surface area contributed by atoms with Gasteiger partial charge in [0, 0.05) is 17.8 Å². The third-order valence-corrected chi connectivity index (χ3v) is 4.53. The average molecular weight is 359 g/mol. The molecule has 0 amide bonds. The predicted molar refractivity (Wildman–Crippen MR) is 98.6 cm³/mol. The van der Waals surface area contributed by atoms with E-state index in [1.54, 1.807) is 24.5 Å². The highest BCUT2D eigenvalue weighted by atomic mass is 19.1. The Bertz CT molecular complexity index is 1270. The van der Waals surface area contributed by atoms with E-state index in [1.807, 2.05) is 29.7 Å². The highest BCUT2D eigenvalue weighted by Crippen LogP contribution is 2.25. The summed E-state index contributed by atoms with van der Waals surface area (Å²) in [6.45, 7) is 2.40. The highest BCUT2D eigenvalue weighted by Gasteiger charge is 2.15. The van der Waals surface area contributed by atoms with Gasteiger partial charge in [0.25, 0.3) is 0 Å². The van der Waals surface area contributed by atoms with Crippen molar-refractivity contribution in [3.8, 4) is 11.3 Å². The van der Waals surface area contributed by atoms with Crippen LogP contribution in [0.1, 0.15) is 11.6 Å². The molecular weight excluding hydrogens is 345 g/mol. The smallest absolute Gasteiger partial charge is 0.157 e. The number of imidazole rings is 1. The minimum Gasteiger partial charge on any atom is -0.359 e. The van der Waals surface area contributed by atoms with Gasteiger partial charge in [0.1, 0.15) is 28.4 Å². The van der Waals surface area contributed by atoms with E-state index in [0.29, 0.717) is 18.0 Å². The van der Waals surface area contributed by atoms with Crippen LogP contribution < -0.4 is 0 Å². The summed E-state index contributed by atoms with van der Waals surface area (Å²) in [7, 11) is 0. The van der Waals surface area contributed by atoms with Crippen molar-refractivity contribution < 1.29 is 8.91 Å². The maximum Gasteiger partial charge on any atom is 0.157 e. The van der Waals surface area contributed by atoms with Crippen LogP contribution in [-0.4, -0.2) is 24.7 Å². The van der Waals surface area contributed by atoms with Crippen molar-refractivity contribution in [3.63, 3.8) is 0 Å². The van der Waals surface area contributed by atoms with Crippen LogP contribution in [0.15, 0.2) is 59.4 Å². The molecule has 0 saturated heterocycles. The molecule has 0 aliphatic carbocycles. The summed E-state index contributed by atoms with van der Waals surface area (Å²) in [5.74, 6) is 1.23. The van der Waals surface area contributed by atoms with Crippen molar-refractivity contribution in [3.05, 3.63) is 72.3 Å². The Balaban J connectivity index is 1.58. The van der Waals surface area contributed by atoms with E-state index in [9.17, 15) is 4.39 Å². The van der Waals surface area contributed by atoms with Gasteiger partial charge in [-0.3, -0.25) is 9.97 Å². The van der Waals surface area contributed by atoms with Gasteiger partial charge in [-0.25, -0.2) is 9.37 Å². The number of aryl methyl sites for hydroxylation is 1. The Morgan fingerprint density at radius 3 is 2.78 bits per heavy atom. The Morgan fingerprint density at radius 1 is 1.07 bits per heavy atom. The maximum absolute atomic E-state index is 13.1. The zero-order valence-electron chi connectivity index (χ0n) is 14.4. The molecule has 27 heavy (non-hydrogen) atoms. The molecule has 1 aromatic carbocycles. The predicted octanol–water partition coefficient (Wildman–Crippen LogP) is 4.13. The normalized spacial score (nSPS) is 11.5. The second kappa shape index (κ2) is 5.98. The molecule has 0 unspecified atom stereocenters. The fourth-order valence-corrected chi connectivity index (χ4v) is 3.23. The van der Waals surface area contributed by atoms with Crippen molar-refractivity contribution >= 4 is 22.1 Å². The number of hydrogen-bond acceptors (Lipinski definition) is 5. The van der Waals surface area contributed by atoms with Gasteiger partial charge in [-0.15, -0.1) is 0 Å². The molecule has 6 nitrogen and oxygen atoms in total. The zero-order chi connectivity index (χ0) is 18.4. The molecule has 0 saturated carbocycles. The molecule has 0 aliphatic heterocycles. The first kappa shape index (κ1) is 15.6. The molecule has 0 aliphatic rings. The molecule has 0 fully saturated rings. The zero-order valence-corrected chi connectivity index (χ0v) is 14.4. The SMILES string of the molecule is Cc1nc2cnc3cccnc3c2n1Cc1cc(-c2ccc(F)cc2)no1. The summed E-state index contributed by atoms with van der Waals surface area (Å²) in [4.78, 5) is 13.5. The molecule has 0 bridgehead atoms. The molecule has 0 N–H and O–H groups in total. The summed E-state index contributed by atoms with van der Waals surface area (Å²) < 4.78 is 20.7. The Hall–Kier alpha value is -3.61. The third-order valence-electron chi connectivity index (χ3n) is 4.53. The molecule has 0 spiro atoms. The molecule has 5 aromatic rings. The number of hydrogen-bond donors (Lipinski definition) is 0. The van der Waals surface area contributed by atoms with Crippen molar-refractivity contribution in [2.24, 2.45) is 0 Å². The van der Waals surface area contributed by atoms with Crippen LogP contribution in [-0.2, 0) is 6.54 Å². The maximum atomic E-state index is 13.1. The topological polar surface area (TPSA) is 69.6 Å². The van der Waals surface area contributed by atoms with Gasteiger partial charge < -0.3 is 9.09 Å². The fraction of sp³-hybridized carbons (Fsp3) is 0.100. The Morgan fingerprint density at radius 2 is 1.93 bits per heavy atom. The summed E-state index contributed by atoms with van der Waals surface area (Å²) in [5.41, 5.74) is 4.78. The lowest BCUT2D eigenvalue weighted by molar-refractivity contribution is 0.378. The first-order valence-corrected chi connectivity index (χ1v) is 8.47. The number of rotatable bonds is 3. The standard InChI is InChI=1S/C20H14FN5O/c1-12-24-18-10-23-16-3-2-8-22-19(16)20(18)26(12)11-15-9-17(25-27-15)13-4-6-14(21)7-5-13/h2-10H,11H2,1H3. The summed E-state index contributed by atoms with van der Waals surface area (Å²) in [5, 5.41) is 4.11. The van der Waals surface area contributed by atoms with E-state index in [4.69, 9.17) is 4.52 Å². The minimum atomic E-state index is -0.282. The largest absolute Gasteiger partial charge is 0.359 e. The van der Waals surface area contributed by atoms with E-state index < -0.39 is 0 Å². The van der Waals surface area contributed by atoms with Crippen molar-refractivity contribution in [2.45, 2.75) is 13.5 Å². The Labute approximate surface area is 153 Å². The molecular formula is C20H14FN5O. The molecule has 0 atom stereocenters. The van der Waals surface area contributed by atoms with E-state index in [-0.39, 0.29) is 5.82 Å². The molecule has 4 heterocycles. The summed E-state index contributed by atoms with van der Waals surface area (Å²) in [6.07, 6.45) is 3.50. The van der Waals surface area contributed by atoms with Gasteiger partial charge in [0.05, 0.1) is 23.8 Å². The average Bonchev–Trinajstić information content (AvgIpc) is 3.27. The number of halogens is 1. The first-order chi connectivity index (χ1) is 13.2. The quantitative estimate of drug-likeness (QED) is 0.484. The molecule has 132 valence electrons. The van der Waals surface area contributed by atoms with Gasteiger partial charge >= 0.3 is 0 Å². The van der Waals surface area contributed by atoms with Crippen molar-refractivity contribution in [1.29, 1.82) is 0 Å². The first-order valence-electron chi connectivity index (χ1n) is 8.47.